The molecule has 51 heavy (non-hydrogen) atoms. The zero-order chi connectivity index (χ0) is 37.4. The standard InChI is InChI=1S/C43H70N2O6/c1-28(2)30-17-23-43(38(50)45-26-13-11-9-10-12-14-35(47)44-27-20-36(48)49)25-24-41(7)31(37(30)43)15-16-33-40(6)21-19-34(51-29(3)46)39(4,5)32(40)18-22-42(33,41)8/h30-34,37H,1,9-27H2,2-8H3,(H,44,47)(H,45,50)(H,48,49)/t30-,31+,32-,33?,34-,37+,40-,41+,42+,43-/m0/s1. The van der Waals surface area contributed by atoms with E-state index in [4.69, 9.17) is 9.84 Å². The SMILES string of the molecule is C=C(C)[C@@H]1CC[C@]2(C(=O)NCCCCCCCC(=O)NCCC(=O)O)CC[C@]3(C)[C@H](CCC4[C@@]5(C)CC[C@H](OC(C)=O)C(C)(C)[C@@H]5CC[C@]43C)[C@@H]12. The van der Waals surface area contributed by atoms with Crippen molar-refractivity contribution in [2.75, 3.05) is 13.1 Å². The first kappa shape index (κ1) is 39.8. The Morgan fingerprint density at radius 2 is 1.43 bits per heavy atom. The van der Waals surface area contributed by atoms with E-state index < -0.39 is 5.97 Å². The van der Waals surface area contributed by atoms with Crippen LogP contribution >= 0.6 is 0 Å². The average Bonchev–Trinajstić information content (AvgIpc) is 3.45. The second kappa shape index (κ2) is 15.2. The summed E-state index contributed by atoms with van der Waals surface area (Å²) in [6, 6.07) is 0. The number of aliphatic carboxylic acids is 1. The Labute approximate surface area is 308 Å². The molecule has 5 rings (SSSR count). The van der Waals surface area contributed by atoms with Gasteiger partial charge >= 0.3 is 11.9 Å². The van der Waals surface area contributed by atoms with Crippen molar-refractivity contribution in [2.45, 2.75) is 164 Å². The Hall–Kier alpha value is -2.38. The smallest absolute Gasteiger partial charge is 0.305 e. The van der Waals surface area contributed by atoms with E-state index in [2.05, 4.69) is 58.8 Å². The number of unbranched alkanes of at least 4 members (excludes halogenated alkanes) is 4. The van der Waals surface area contributed by atoms with Gasteiger partial charge in [0, 0.05) is 31.8 Å². The Morgan fingerprint density at radius 3 is 2.12 bits per heavy atom. The molecule has 0 spiro atoms. The van der Waals surface area contributed by atoms with Gasteiger partial charge in [-0.2, -0.15) is 0 Å². The van der Waals surface area contributed by atoms with Crippen LogP contribution in [-0.4, -0.2) is 48.1 Å². The van der Waals surface area contributed by atoms with E-state index in [0.717, 1.165) is 70.6 Å². The Morgan fingerprint density at radius 1 is 0.725 bits per heavy atom. The van der Waals surface area contributed by atoms with Crippen LogP contribution in [0, 0.1) is 56.7 Å². The molecule has 5 aliphatic rings. The van der Waals surface area contributed by atoms with Crippen LogP contribution in [0.3, 0.4) is 0 Å². The molecule has 0 aromatic carbocycles. The average molecular weight is 711 g/mol. The van der Waals surface area contributed by atoms with E-state index in [0.29, 0.717) is 42.6 Å². The number of carbonyl (C=O) groups excluding carboxylic acids is 3. The van der Waals surface area contributed by atoms with Gasteiger partial charge in [0.05, 0.1) is 11.8 Å². The van der Waals surface area contributed by atoms with Crippen molar-refractivity contribution in [3.05, 3.63) is 12.2 Å². The largest absolute Gasteiger partial charge is 0.481 e. The highest BCUT2D eigenvalue weighted by Gasteiger charge is 2.72. The first-order valence-electron chi connectivity index (χ1n) is 20.5. The number of carboxylic acids is 1. The lowest BCUT2D eigenvalue weighted by Crippen LogP contribution is -2.67. The van der Waals surface area contributed by atoms with Gasteiger partial charge in [-0.25, -0.2) is 0 Å². The lowest BCUT2D eigenvalue weighted by atomic mass is 9.32. The molecule has 0 aromatic heterocycles. The fourth-order valence-electron chi connectivity index (χ4n) is 13.6. The minimum absolute atomic E-state index is 0.00991. The molecule has 3 N–H and O–H groups in total. The maximum atomic E-state index is 14.4. The maximum Gasteiger partial charge on any atom is 0.305 e. The van der Waals surface area contributed by atoms with Gasteiger partial charge in [0.2, 0.25) is 11.8 Å². The van der Waals surface area contributed by atoms with Crippen molar-refractivity contribution in [3.63, 3.8) is 0 Å². The van der Waals surface area contributed by atoms with Gasteiger partial charge in [-0.05, 0) is 130 Å². The third-order valence-electron chi connectivity index (χ3n) is 16.3. The Kier molecular flexibility index (Phi) is 11.8. The molecular weight excluding hydrogens is 640 g/mol. The Bertz CT molecular complexity index is 1340. The minimum atomic E-state index is -0.904. The van der Waals surface area contributed by atoms with Crippen molar-refractivity contribution in [3.8, 4) is 0 Å². The third-order valence-corrected chi connectivity index (χ3v) is 16.3. The number of hydrogen-bond acceptors (Lipinski definition) is 5. The van der Waals surface area contributed by atoms with Crippen molar-refractivity contribution in [1.82, 2.24) is 10.6 Å². The number of fused-ring (bicyclic) bond motifs is 7. The summed E-state index contributed by atoms with van der Waals surface area (Å²) in [5, 5.41) is 14.8. The molecule has 0 aromatic rings. The zero-order valence-electron chi connectivity index (χ0n) is 33.1. The number of rotatable bonds is 14. The van der Waals surface area contributed by atoms with Gasteiger partial charge in [-0.3, -0.25) is 19.2 Å². The summed E-state index contributed by atoms with van der Waals surface area (Å²) in [6.45, 7) is 21.7. The fourth-order valence-corrected chi connectivity index (χ4v) is 13.6. The highest BCUT2D eigenvalue weighted by atomic mass is 16.5. The number of allylic oxidation sites excluding steroid dienone is 1. The van der Waals surface area contributed by atoms with E-state index in [9.17, 15) is 19.2 Å². The molecule has 5 fully saturated rings. The predicted octanol–water partition coefficient (Wildman–Crippen LogP) is 8.62. The van der Waals surface area contributed by atoms with Gasteiger partial charge in [0.1, 0.15) is 6.10 Å². The lowest BCUT2D eigenvalue weighted by Gasteiger charge is -2.72. The quantitative estimate of drug-likeness (QED) is 0.0943. The van der Waals surface area contributed by atoms with Crippen molar-refractivity contribution in [2.24, 2.45) is 56.7 Å². The molecule has 8 nitrogen and oxygen atoms in total. The van der Waals surface area contributed by atoms with Crippen LogP contribution in [0.5, 0.6) is 0 Å². The number of carboxylic acid groups (broad SMARTS) is 1. The summed E-state index contributed by atoms with van der Waals surface area (Å²) in [4.78, 5) is 49.0. The van der Waals surface area contributed by atoms with Gasteiger partial charge in [0.25, 0.3) is 0 Å². The van der Waals surface area contributed by atoms with Crippen LogP contribution < -0.4 is 10.6 Å². The first-order valence-corrected chi connectivity index (χ1v) is 20.5. The summed E-state index contributed by atoms with van der Waals surface area (Å²) in [7, 11) is 0. The van der Waals surface area contributed by atoms with Gasteiger partial charge in [0.15, 0.2) is 0 Å². The number of nitrogens with one attached hydrogen (secondary N) is 2. The molecular formula is C43H70N2O6. The number of ether oxygens (including phenoxy) is 1. The van der Waals surface area contributed by atoms with E-state index in [1.165, 1.54) is 31.3 Å². The van der Waals surface area contributed by atoms with Crippen LogP contribution in [0.25, 0.3) is 0 Å². The number of hydrogen-bond donors (Lipinski definition) is 3. The maximum absolute atomic E-state index is 14.4. The molecule has 288 valence electrons. The predicted molar refractivity (Wildman–Crippen MR) is 200 cm³/mol. The van der Waals surface area contributed by atoms with Crippen LogP contribution in [0.15, 0.2) is 12.2 Å². The molecule has 0 saturated heterocycles. The van der Waals surface area contributed by atoms with E-state index in [-0.39, 0.29) is 63.9 Å². The van der Waals surface area contributed by atoms with Crippen LogP contribution in [0.1, 0.15) is 158 Å². The molecule has 5 aliphatic carbocycles. The molecule has 0 radical (unpaired) electrons. The van der Waals surface area contributed by atoms with Crippen molar-refractivity contribution in [1.29, 1.82) is 0 Å². The summed E-state index contributed by atoms with van der Waals surface area (Å²) in [5.41, 5.74) is 1.48. The van der Waals surface area contributed by atoms with E-state index in [1.54, 1.807) is 6.92 Å². The molecule has 1 unspecified atom stereocenters. The summed E-state index contributed by atoms with van der Waals surface area (Å²) in [6.07, 6.45) is 16.1. The molecule has 0 heterocycles. The second-order valence-corrected chi connectivity index (χ2v) is 19.1. The van der Waals surface area contributed by atoms with Gasteiger partial charge in [-0.15, -0.1) is 0 Å². The summed E-state index contributed by atoms with van der Waals surface area (Å²) < 4.78 is 5.95. The molecule has 0 bridgehead atoms. The normalized spacial score (nSPS) is 39.4. The zero-order valence-corrected chi connectivity index (χ0v) is 33.1. The summed E-state index contributed by atoms with van der Waals surface area (Å²) in [5.74, 6) is 1.54. The van der Waals surface area contributed by atoms with Crippen molar-refractivity contribution >= 4 is 23.8 Å². The lowest BCUT2D eigenvalue weighted by molar-refractivity contribution is -0.248. The van der Waals surface area contributed by atoms with Gasteiger partial charge < -0.3 is 20.5 Å². The highest BCUT2D eigenvalue weighted by Crippen LogP contribution is 2.77. The van der Waals surface area contributed by atoms with Gasteiger partial charge in [-0.1, -0.05) is 66.0 Å². The highest BCUT2D eigenvalue weighted by molar-refractivity contribution is 5.84. The van der Waals surface area contributed by atoms with Crippen molar-refractivity contribution < 1.29 is 29.0 Å². The second-order valence-electron chi connectivity index (χ2n) is 19.1. The van der Waals surface area contributed by atoms with E-state index in [1.807, 2.05) is 0 Å². The fraction of sp³-hybridized carbons (Fsp3) is 0.860. The molecule has 2 amide bonds. The summed E-state index contributed by atoms with van der Waals surface area (Å²) >= 11 is 0. The van der Waals surface area contributed by atoms with Crippen LogP contribution in [0.4, 0.5) is 0 Å². The first-order chi connectivity index (χ1) is 23.9. The molecule has 8 heteroatoms. The number of amides is 2. The molecule has 10 atom stereocenters. The molecule has 5 saturated carbocycles. The monoisotopic (exact) mass is 711 g/mol. The number of carbonyl (C=O) groups is 4. The van der Waals surface area contributed by atoms with Crippen LogP contribution in [-0.2, 0) is 23.9 Å². The van der Waals surface area contributed by atoms with E-state index >= 15 is 0 Å². The topological polar surface area (TPSA) is 122 Å². The molecule has 0 aliphatic heterocycles. The Balaban J connectivity index is 1.22. The number of esters is 1. The van der Waals surface area contributed by atoms with Crippen LogP contribution in [0.2, 0.25) is 0 Å². The minimum Gasteiger partial charge on any atom is -0.481 e. The third kappa shape index (κ3) is 7.16.